The number of rotatable bonds is 6. The smallest absolute Gasteiger partial charge is 0.358 e. The Hall–Kier alpha value is -0.750. The third-order valence-corrected chi connectivity index (χ3v) is 5.67. The quantitative estimate of drug-likeness (QED) is 0.317. The molecule has 1 aliphatic heterocycles. The highest BCUT2D eigenvalue weighted by Gasteiger charge is 2.53. The summed E-state index contributed by atoms with van der Waals surface area (Å²) in [6, 6.07) is 0. The first-order valence-corrected chi connectivity index (χ1v) is 7.67. The minimum absolute atomic E-state index is 0.0688. The standard InChI is InChI=1S/C10H20NO4P.CH3NO/c1-4-14-16(13,15-5-2)10(3)9(8-12)6-7-11-10;1-2-3/h7,9,12H,4-6,8H2,1-3H3;2H,1H2. The van der Waals surface area contributed by atoms with Gasteiger partial charge < -0.3 is 19.4 Å². The van der Waals surface area contributed by atoms with E-state index in [-0.39, 0.29) is 12.5 Å². The van der Waals surface area contributed by atoms with Gasteiger partial charge in [0.2, 0.25) is 0 Å². The summed E-state index contributed by atoms with van der Waals surface area (Å²) in [6.45, 7) is 8.48. The van der Waals surface area contributed by atoms with Gasteiger partial charge in [0.1, 0.15) is 6.72 Å². The van der Waals surface area contributed by atoms with Crippen LogP contribution in [0.3, 0.4) is 0 Å². The van der Waals surface area contributed by atoms with E-state index in [9.17, 15) is 9.67 Å². The summed E-state index contributed by atoms with van der Waals surface area (Å²) >= 11 is 0. The fourth-order valence-corrected chi connectivity index (χ4v) is 4.01. The monoisotopic (exact) mass is 294 g/mol. The molecule has 2 atom stereocenters. The Morgan fingerprint density at radius 2 is 2.05 bits per heavy atom. The van der Waals surface area contributed by atoms with Gasteiger partial charge in [-0.3, -0.25) is 9.56 Å². The van der Waals surface area contributed by atoms with Crippen LogP contribution < -0.4 is 5.16 Å². The Morgan fingerprint density at radius 1 is 1.58 bits per heavy atom. The predicted molar refractivity (Wildman–Crippen MR) is 74.4 cm³/mol. The molecule has 1 rings (SSSR count). The molecule has 0 aromatic carbocycles. The number of nitrogens with zero attached hydrogens (tertiary/aromatic N) is 1. The molecule has 7 nitrogen and oxygen atoms in total. The molecule has 0 amide bonds. The van der Waals surface area contributed by atoms with Gasteiger partial charge in [0.05, 0.1) is 13.2 Å². The molecule has 0 aromatic heterocycles. The molecule has 2 N–H and O–H groups in total. The molecule has 0 radical (unpaired) electrons. The van der Waals surface area contributed by atoms with Gasteiger partial charge in [-0.1, -0.05) is 0 Å². The molecule has 0 aromatic rings. The molecule has 112 valence electrons. The number of hydrogen-bond acceptors (Lipinski definition) is 6. The highest BCUT2D eigenvalue weighted by atomic mass is 31.2. The van der Waals surface area contributed by atoms with Crippen LogP contribution in [0.2, 0.25) is 0 Å². The maximum absolute atomic E-state index is 12.6. The zero-order valence-corrected chi connectivity index (χ0v) is 12.6. The Labute approximate surface area is 113 Å². The van der Waals surface area contributed by atoms with Crippen molar-refractivity contribution in [3.05, 3.63) is 5.21 Å². The van der Waals surface area contributed by atoms with Crippen molar-refractivity contribution in [1.29, 1.82) is 0 Å². The van der Waals surface area contributed by atoms with Crippen molar-refractivity contribution in [3.8, 4) is 0 Å². The van der Waals surface area contributed by atoms with Crippen LogP contribution in [0.15, 0.2) is 4.99 Å². The lowest BCUT2D eigenvalue weighted by Crippen LogP contribution is -2.56. The van der Waals surface area contributed by atoms with Crippen molar-refractivity contribution < 1.29 is 23.9 Å². The number of aliphatic imine (C=N–C) groups is 1. The molecule has 0 saturated heterocycles. The van der Waals surface area contributed by atoms with Crippen LogP contribution in [0.1, 0.15) is 27.2 Å². The van der Waals surface area contributed by atoms with E-state index in [2.05, 4.69) is 11.7 Å². The summed E-state index contributed by atoms with van der Waals surface area (Å²) in [6.07, 6.45) is 2.29. The normalized spacial score (nSPS) is 25.8. The molecular formula is C11H23N2O5P. The van der Waals surface area contributed by atoms with Crippen LogP contribution in [0, 0.1) is 11.1 Å². The second-order valence-corrected chi connectivity index (χ2v) is 6.42. The van der Waals surface area contributed by atoms with E-state index in [1.54, 1.807) is 27.0 Å². The first-order valence-electron chi connectivity index (χ1n) is 6.13. The van der Waals surface area contributed by atoms with Gasteiger partial charge in [0.25, 0.3) is 0 Å². The first-order chi connectivity index (χ1) is 8.95. The van der Waals surface area contributed by atoms with Gasteiger partial charge >= 0.3 is 7.60 Å². The van der Waals surface area contributed by atoms with Crippen molar-refractivity contribution in [2.24, 2.45) is 10.9 Å². The summed E-state index contributed by atoms with van der Waals surface area (Å²) in [5.41, 5.74) is 0. The molecule has 2 unspecified atom stereocenters. The minimum Gasteiger partial charge on any atom is -0.626 e. The van der Waals surface area contributed by atoms with E-state index in [0.717, 1.165) is 0 Å². The van der Waals surface area contributed by atoms with Gasteiger partial charge in [-0.25, -0.2) is 5.16 Å². The zero-order chi connectivity index (χ0) is 14.9. The fraction of sp³-hybridized carbons (Fsp3) is 0.818. The number of aliphatic hydroxyl groups is 1. The summed E-state index contributed by atoms with van der Waals surface area (Å²) in [7, 11) is -3.31. The Morgan fingerprint density at radius 3 is 2.42 bits per heavy atom. The molecule has 0 fully saturated rings. The fourth-order valence-electron chi connectivity index (χ4n) is 1.87. The van der Waals surface area contributed by atoms with E-state index in [4.69, 9.17) is 14.3 Å². The number of hydrogen-bond donors (Lipinski definition) is 2. The Bertz CT molecular complexity index is 340. The molecule has 8 heteroatoms. The SMILES string of the molecule is C=[NH+][O-].CCOP(=O)(OCC)C1(C)N=CCC1CO. The number of nitrogens with one attached hydrogen (secondary N) is 1. The topological polar surface area (TPSA) is 105 Å². The van der Waals surface area contributed by atoms with Crippen LogP contribution in [-0.4, -0.2) is 43.1 Å². The second-order valence-electron chi connectivity index (χ2n) is 4.00. The summed E-state index contributed by atoms with van der Waals surface area (Å²) in [5.74, 6) is -0.198. The van der Waals surface area contributed by atoms with Crippen molar-refractivity contribution in [3.63, 3.8) is 0 Å². The predicted octanol–water partition coefficient (Wildman–Crippen LogP) is 0.317. The van der Waals surface area contributed by atoms with E-state index in [1.165, 1.54) is 5.16 Å². The van der Waals surface area contributed by atoms with Crippen LogP contribution in [0.5, 0.6) is 0 Å². The van der Waals surface area contributed by atoms with E-state index in [0.29, 0.717) is 19.6 Å². The second kappa shape index (κ2) is 8.43. The van der Waals surface area contributed by atoms with Crippen LogP contribution >= 0.6 is 7.60 Å². The lowest BCUT2D eigenvalue weighted by molar-refractivity contribution is -0.361. The molecule has 19 heavy (non-hydrogen) atoms. The van der Waals surface area contributed by atoms with Gasteiger partial charge in [-0.2, -0.15) is 0 Å². The maximum Gasteiger partial charge on any atom is 0.358 e. The highest BCUT2D eigenvalue weighted by molar-refractivity contribution is 7.55. The van der Waals surface area contributed by atoms with Crippen LogP contribution in [0.4, 0.5) is 0 Å². The van der Waals surface area contributed by atoms with Crippen molar-refractivity contribution >= 4 is 20.5 Å². The lowest BCUT2D eigenvalue weighted by Gasteiger charge is -2.34. The molecule has 0 aliphatic carbocycles. The molecular weight excluding hydrogens is 271 g/mol. The average Bonchev–Trinajstić information content (AvgIpc) is 2.74. The van der Waals surface area contributed by atoms with Crippen molar-refractivity contribution in [1.82, 2.24) is 0 Å². The molecule has 1 heterocycles. The van der Waals surface area contributed by atoms with Crippen molar-refractivity contribution in [2.75, 3.05) is 19.8 Å². The van der Waals surface area contributed by atoms with E-state index < -0.39 is 12.9 Å². The Balaban J connectivity index is 0.000000982. The van der Waals surface area contributed by atoms with Crippen LogP contribution in [-0.2, 0) is 13.6 Å². The summed E-state index contributed by atoms with van der Waals surface area (Å²) in [5, 5.41) is 18.2. The molecule has 0 spiro atoms. The van der Waals surface area contributed by atoms with E-state index in [1.807, 2.05) is 0 Å². The first kappa shape index (κ1) is 18.2. The third kappa shape index (κ3) is 4.11. The third-order valence-electron chi connectivity index (χ3n) is 2.89. The summed E-state index contributed by atoms with van der Waals surface area (Å²) < 4.78 is 23.2. The largest absolute Gasteiger partial charge is 0.626 e. The number of aliphatic hydroxyl groups excluding tert-OH is 1. The molecule has 0 bridgehead atoms. The summed E-state index contributed by atoms with van der Waals surface area (Å²) in [4.78, 5) is 4.23. The van der Waals surface area contributed by atoms with Gasteiger partial charge in [0.15, 0.2) is 5.28 Å². The lowest BCUT2D eigenvalue weighted by atomic mass is 10.0. The maximum atomic E-state index is 12.6. The van der Waals surface area contributed by atoms with Crippen molar-refractivity contribution in [2.45, 2.75) is 32.5 Å². The van der Waals surface area contributed by atoms with Gasteiger partial charge in [0, 0.05) is 18.7 Å². The highest BCUT2D eigenvalue weighted by Crippen LogP contribution is 2.65. The zero-order valence-electron chi connectivity index (χ0n) is 11.7. The Kier molecular flexibility index (Phi) is 8.09. The average molecular weight is 294 g/mol. The van der Waals surface area contributed by atoms with Gasteiger partial charge in [-0.05, 0) is 27.2 Å². The van der Waals surface area contributed by atoms with E-state index >= 15 is 0 Å². The van der Waals surface area contributed by atoms with Gasteiger partial charge in [-0.15, -0.1) is 0 Å². The minimum atomic E-state index is -3.31. The van der Waals surface area contributed by atoms with Crippen LogP contribution in [0.25, 0.3) is 0 Å². The molecule has 1 aliphatic rings. The molecule has 0 saturated carbocycles.